The number of rotatable bonds is 5. The summed E-state index contributed by atoms with van der Waals surface area (Å²) in [6.07, 6.45) is 3.94. The average Bonchev–Trinajstić information content (AvgIpc) is 3.45. The van der Waals surface area contributed by atoms with Gasteiger partial charge in [0, 0.05) is 37.2 Å². The fourth-order valence-corrected chi connectivity index (χ4v) is 8.77. The zero-order valence-electron chi connectivity index (χ0n) is 27.2. The van der Waals surface area contributed by atoms with Crippen molar-refractivity contribution in [2.75, 3.05) is 0 Å². The predicted molar refractivity (Wildman–Crippen MR) is 197 cm³/mol. The van der Waals surface area contributed by atoms with Gasteiger partial charge in [0.1, 0.15) is 0 Å². The Morgan fingerprint density at radius 3 is 2.20 bits per heavy atom. The molecule has 0 saturated carbocycles. The van der Waals surface area contributed by atoms with Gasteiger partial charge in [0.15, 0.2) is 0 Å². The Bertz CT molecular complexity index is 2070. The monoisotopic (exact) mass is 811 g/mol. The molecule has 4 aromatic carbocycles. The third kappa shape index (κ3) is 7.14. The molecule has 2 nitrogen and oxygen atoms in total. The van der Waals surface area contributed by atoms with E-state index in [0.29, 0.717) is 5.92 Å². The van der Waals surface area contributed by atoms with Crippen LogP contribution in [-0.4, -0.2) is 18.0 Å². The number of fused-ring (bicyclic) bond motifs is 3. The number of benzene rings is 4. The van der Waals surface area contributed by atoms with Crippen molar-refractivity contribution in [1.82, 2.24) is 9.97 Å². The van der Waals surface area contributed by atoms with E-state index in [9.17, 15) is 0 Å². The smallest absolute Gasteiger partial charge is 0.0799 e. The summed E-state index contributed by atoms with van der Waals surface area (Å²) < 4.78 is 2.57. The number of aromatic nitrogens is 2. The summed E-state index contributed by atoms with van der Waals surface area (Å²) in [5.41, 5.74) is 9.39. The van der Waals surface area contributed by atoms with E-state index in [0.717, 1.165) is 22.5 Å². The van der Waals surface area contributed by atoms with Crippen molar-refractivity contribution < 1.29 is 20.1 Å². The third-order valence-electron chi connectivity index (χ3n) is 8.12. The predicted octanol–water partition coefficient (Wildman–Crippen LogP) is 11.1. The van der Waals surface area contributed by atoms with Gasteiger partial charge in [0.25, 0.3) is 0 Å². The molecule has 0 aliphatic heterocycles. The van der Waals surface area contributed by atoms with E-state index >= 15 is 0 Å². The number of nitrogens with zero attached hydrogens (tertiary/aromatic N) is 2. The fraction of sp³-hybridized carbons (Fsp3) is 0.171. The van der Waals surface area contributed by atoms with Gasteiger partial charge in [-0.05, 0) is 55.8 Å². The molecule has 233 valence electrons. The first-order chi connectivity index (χ1) is 21.7. The maximum absolute atomic E-state index is 4.66. The number of aryl methyl sites for hydroxylation is 1. The van der Waals surface area contributed by atoms with Gasteiger partial charge in [-0.15, -0.1) is 59.2 Å². The maximum atomic E-state index is 4.66. The van der Waals surface area contributed by atoms with Crippen molar-refractivity contribution in [3.05, 3.63) is 139 Å². The molecule has 5 heteroatoms. The molecule has 0 bridgehead atoms. The van der Waals surface area contributed by atoms with E-state index in [2.05, 4.69) is 142 Å². The minimum Gasteiger partial charge on any atom is -0.305 e. The van der Waals surface area contributed by atoms with Gasteiger partial charge in [-0.25, -0.2) is 0 Å². The standard InChI is InChI=1S/C24H16NS.C17H22NSi.Ir/c1-16-10-12-19(21-9-5-6-14-25-21)24-23(16)20-13-11-18(15-22(20)26-24)17-7-3-2-4-8-17;1-13(2)15-11-16(14-9-7-6-8-10-14)18-12-17(15)19(3,4)5;/h2-11,13-15H,1H3;6-9,11-13H,1-5H3;/q2*-1;. The van der Waals surface area contributed by atoms with Crippen molar-refractivity contribution in [3.63, 3.8) is 0 Å². The average molecular weight is 811 g/mol. The van der Waals surface area contributed by atoms with Gasteiger partial charge in [-0.1, -0.05) is 112 Å². The van der Waals surface area contributed by atoms with Crippen molar-refractivity contribution in [2.45, 2.75) is 46.3 Å². The van der Waals surface area contributed by atoms with Crippen LogP contribution in [0.1, 0.15) is 30.9 Å². The van der Waals surface area contributed by atoms with Crippen molar-refractivity contribution in [3.8, 4) is 33.6 Å². The van der Waals surface area contributed by atoms with Crippen molar-refractivity contribution >= 4 is 44.8 Å². The number of hydrogen-bond donors (Lipinski definition) is 0. The third-order valence-corrected chi connectivity index (χ3v) is 11.3. The van der Waals surface area contributed by atoms with Gasteiger partial charge in [-0.2, -0.15) is 11.3 Å². The van der Waals surface area contributed by atoms with Gasteiger partial charge in [0.05, 0.1) is 8.07 Å². The van der Waals surface area contributed by atoms with Crippen LogP contribution in [0.25, 0.3) is 53.8 Å². The van der Waals surface area contributed by atoms with Gasteiger partial charge >= 0.3 is 0 Å². The summed E-state index contributed by atoms with van der Waals surface area (Å²) in [7, 11) is -1.34. The van der Waals surface area contributed by atoms with Crippen LogP contribution in [0.5, 0.6) is 0 Å². The molecule has 0 aliphatic rings. The summed E-state index contributed by atoms with van der Waals surface area (Å²) in [4.78, 5) is 9.20. The van der Waals surface area contributed by atoms with E-state index in [1.807, 2.05) is 47.9 Å². The van der Waals surface area contributed by atoms with E-state index in [-0.39, 0.29) is 20.1 Å². The van der Waals surface area contributed by atoms with Gasteiger partial charge in [-0.3, -0.25) is 0 Å². The minimum absolute atomic E-state index is 0. The van der Waals surface area contributed by atoms with Crippen molar-refractivity contribution in [1.29, 1.82) is 0 Å². The maximum Gasteiger partial charge on any atom is 0.0799 e. The van der Waals surface area contributed by atoms with Crippen LogP contribution in [0.2, 0.25) is 19.6 Å². The fourth-order valence-electron chi connectivity index (χ4n) is 5.77. The molecule has 0 saturated heterocycles. The molecule has 1 radical (unpaired) electrons. The SMILES string of the molecule is CC(C)c1cc(-c2[c-]cccc2)ncc1[Si](C)(C)C.Cc1c[c-]c(-c2ccccn2)c2sc3cc(-c4ccccc4)ccc3c12.[Ir]. The Morgan fingerprint density at radius 2 is 1.52 bits per heavy atom. The first-order valence-corrected chi connectivity index (χ1v) is 19.8. The van der Waals surface area contributed by atoms with Crippen molar-refractivity contribution in [2.24, 2.45) is 0 Å². The summed E-state index contributed by atoms with van der Waals surface area (Å²) >= 11 is 1.83. The summed E-state index contributed by atoms with van der Waals surface area (Å²) in [6.45, 7) is 13.8. The minimum atomic E-state index is -1.34. The molecule has 0 N–H and O–H groups in total. The number of pyridine rings is 2. The summed E-state index contributed by atoms with van der Waals surface area (Å²) in [5, 5.41) is 4.11. The second-order valence-corrected chi connectivity index (χ2v) is 18.9. The second-order valence-electron chi connectivity index (χ2n) is 12.8. The first-order valence-electron chi connectivity index (χ1n) is 15.5. The Labute approximate surface area is 292 Å². The zero-order valence-corrected chi connectivity index (χ0v) is 31.4. The molecule has 0 aliphatic carbocycles. The second kappa shape index (κ2) is 14.4. The molecular formula is C41H38IrN2SSi-2. The van der Waals surface area contributed by atoms with Crippen LogP contribution in [0.4, 0.5) is 0 Å². The topological polar surface area (TPSA) is 25.8 Å². The van der Waals surface area contributed by atoms with Crippen LogP contribution < -0.4 is 5.19 Å². The Morgan fingerprint density at radius 1 is 0.761 bits per heavy atom. The Balaban J connectivity index is 0.000000187. The first kappa shape index (κ1) is 33.6. The molecule has 0 amide bonds. The van der Waals surface area contributed by atoms with E-state index in [1.165, 1.54) is 47.6 Å². The van der Waals surface area contributed by atoms with Crippen LogP contribution in [0.15, 0.2) is 116 Å². The molecule has 7 rings (SSSR count). The Hall–Kier alpha value is -3.73. The van der Waals surface area contributed by atoms with E-state index in [4.69, 9.17) is 0 Å². The number of thiophene rings is 1. The molecular weight excluding hydrogens is 773 g/mol. The van der Waals surface area contributed by atoms with Crippen LogP contribution >= 0.6 is 11.3 Å². The summed E-state index contributed by atoms with van der Waals surface area (Å²) in [6, 6.07) is 42.5. The van der Waals surface area contributed by atoms with E-state index < -0.39 is 8.07 Å². The van der Waals surface area contributed by atoms with E-state index in [1.54, 1.807) is 0 Å². The van der Waals surface area contributed by atoms with Gasteiger partial charge < -0.3 is 9.97 Å². The summed E-state index contributed by atoms with van der Waals surface area (Å²) in [5.74, 6) is 0.534. The molecule has 7 aromatic rings. The van der Waals surface area contributed by atoms with Crippen LogP contribution in [-0.2, 0) is 20.1 Å². The molecule has 0 atom stereocenters. The van der Waals surface area contributed by atoms with Crippen LogP contribution in [0, 0.1) is 19.1 Å². The molecule has 46 heavy (non-hydrogen) atoms. The largest absolute Gasteiger partial charge is 0.305 e. The molecule has 3 heterocycles. The quantitative estimate of drug-likeness (QED) is 0.128. The number of hydrogen-bond acceptors (Lipinski definition) is 3. The molecule has 3 aromatic heterocycles. The molecule has 0 fully saturated rings. The zero-order chi connectivity index (χ0) is 31.6. The molecule has 0 unspecified atom stereocenters. The molecule has 0 spiro atoms. The normalized spacial score (nSPS) is 11.3. The Kier molecular flexibility index (Phi) is 10.5. The van der Waals surface area contributed by atoms with Crippen LogP contribution in [0.3, 0.4) is 0 Å². The van der Waals surface area contributed by atoms with Gasteiger partial charge in [0.2, 0.25) is 0 Å².